The third-order valence-electron chi connectivity index (χ3n) is 3.52. The number of rotatable bonds is 8. The number of aliphatic hydroxyl groups excluding tert-OH is 4. The molecule has 2 fully saturated rings. The van der Waals surface area contributed by atoms with Crippen LogP contribution in [-0.4, -0.2) is 93.3 Å². The molecule has 15 heteroatoms. The van der Waals surface area contributed by atoms with Crippen molar-refractivity contribution in [2.75, 3.05) is 26.4 Å². The van der Waals surface area contributed by atoms with Gasteiger partial charge in [-0.05, 0) is 0 Å². The molecule has 0 aromatic carbocycles. The van der Waals surface area contributed by atoms with Crippen LogP contribution in [0.1, 0.15) is 0 Å². The van der Waals surface area contributed by atoms with E-state index >= 15 is 0 Å². The normalized spacial score (nSPS) is 40.7. The summed E-state index contributed by atoms with van der Waals surface area (Å²) in [6, 6.07) is 0. The van der Waals surface area contributed by atoms with E-state index in [1.165, 1.54) is 0 Å². The van der Waals surface area contributed by atoms with Crippen molar-refractivity contribution in [1.82, 2.24) is 0 Å². The highest BCUT2D eigenvalue weighted by Crippen LogP contribution is 2.60. The lowest BCUT2D eigenvalue weighted by Gasteiger charge is -2.20. The lowest BCUT2D eigenvalue weighted by Crippen LogP contribution is -2.33. The summed E-state index contributed by atoms with van der Waals surface area (Å²) in [7, 11) is -10.1. The molecule has 6 N–H and O–H groups in total. The van der Waals surface area contributed by atoms with Crippen molar-refractivity contribution in [3.8, 4) is 0 Å². The van der Waals surface area contributed by atoms with Gasteiger partial charge in [-0.3, -0.25) is 9.05 Å². The molecule has 148 valence electrons. The summed E-state index contributed by atoms with van der Waals surface area (Å²) in [5.41, 5.74) is 0. The van der Waals surface area contributed by atoms with Gasteiger partial charge in [0.05, 0.1) is 26.4 Å². The molecule has 25 heavy (non-hydrogen) atoms. The van der Waals surface area contributed by atoms with Gasteiger partial charge >= 0.3 is 15.6 Å². The van der Waals surface area contributed by atoms with Gasteiger partial charge in [0.15, 0.2) is 0 Å². The van der Waals surface area contributed by atoms with E-state index in [0.29, 0.717) is 0 Å². The fourth-order valence-corrected chi connectivity index (χ4v) is 4.23. The summed E-state index contributed by atoms with van der Waals surface area (Å²) in [4.78, 5) is 18.9. The van der Waals surface area contributed by atoms with Gasteiger partial charge in [0, 0.05) is 0 Å². The fourth-order valence-electron chi connectivity index (χ4n) is 2.14. The van der Waals surface area contributed by atoms with Crippen LogP contribution in [0.2, 0.25) is 0 Å². The Balaban J connectivity index is 1.79. The van der Waals surface area contributed by atoms with Crippen LogP contribution in [0.5, 0.6) is 0 Å². The molecule has 0 radical (unpaired) electrons. The molecule has 0 aromatic heterocycles. The van der Waals surface area contributed by atoms with Gasteiger partial charge in [-0.1, -0.05) is 0 Å². The smallest absolute Gasteiger partial charge is 0.388 e. The third kappa shape index (κ3) is 6.01. The van der Waals surface area contributed by atoms with E-state index in [2.05, 4.69) is 13.4 Å². The molecule has 2 saturated heterocycles. The molecule has 0 amide bonds. The first kappa shape index (κ1) is 21.3. The van der Waals surface area contributed by atoms with Crippen LogP contribution in [0.15, 0.2) is 0 Å². The predicted molar refractivity (Wildman–Crippen MR) is 76.1 cm³/mol. The molecule has 2 aliphatic heterocycles. The molecule has 0 spiro atoms. The maximum absolute atomic E-state index is 11.7. The highest BCUT2D eigenvalue weighted by atomic mass is 31.3. The highest BCUT2D eigenvalue weighted by molar-refractivity contribution is 7.61. The Morgan fingerprint density at radius 1 is 0.800 bits per heavy atom. The molecule has 2 aliphatic rings. The lowest BCUT2D eigenvalue weighted by molar-refractivity contribution is -0.0112. The van der Waals surface area contributed by atoms with Crippen LogP contribution >= 0.6 is 15.6 Å². The van der Waals surface area contributed by atoms with Gasteiger partial charge in [0.25, 0.3) is 0 Å². The van der Waals surface area contributed by atoms with Gasteiger partial charge < -0.3 is 39.7 Å². The number of aliphatic hydroxyl groups is 4. The molecule has 2 unspecified atom stereocenters. The largest absolute Gasteiger partial charge is 0.481 e. The van der Waals surface area contributed by atoms with E-state index in [-0.39, 0.29) is 13.2 Å². The van der Waals surface area contributed by atoms with Crippen LogP contribution in [0, 0.1) is 0 Å². The quantitative estimate of drug-likeness (QED) is 0.229. The second-order valence-corrected chi connectivity index (χ2v) is 8.51. The first-order valence-corrected chi connectivity index (χ1v) is 10.1. The molecule has 0 aliphatic carbocycles. The summed E-state index contributed by atoms with van der Waals surface area (Å²) in [5.74, 6) is 0. The molecular formula is C10H20O13P2. The Morgan fingerprint density at radius 3 is 1.44 bits per heavy atom. The molecule has 2 rings (SSSR count). The van der Waals surface area contributed by atoms with Gasteiger partial charge in [-0.2, -0.15) is 4.31 Å². The van der Waals surface area contributed by atoms with Crippen LogP contribution < -0.4 is 0 Å². The molecular weight excluding hydrogens is 390 g/mol. The van der Waals surface area contributed by atoms with E-state index in [0.717, 1.165) is 0 Å². The van der Waals surface area contributed by atoms with Gasteiger partial charge in [-0.25, -0.2) is 9.13 Å². The highest BCUT2D eigenvalue weighted by Gasteiger charge is 2.41. The van der Waals surface area contributed by atoms with Crippen molar-refractivity contribution in [3.05, 3.63) is 0 Å². The summed E-state index contributed by atoms with van der Waals surface area (Å²) in [6.07, 6.45) is -7.33. The van der Waals surface area contributed by atoms with Crippen molar-refractivity contribution in [1.29, 1.82) is 0 Å². The summed E-state index contributed by atoms with van der Waals surface area (Å²) >= 11 is 0. The first-order chi connectivity index (χ1) is 11.5. The molecule has 0 saturated carbocycles. The van der Waals surface area contributed by atoms with Crippen molar-refractivity contribution in [3.63, 3.8) is 0 Å². The Bertz CT molecular complexity index is 497. The van der Waals surface area contributed by atoms with Crippen molar-refractivity contribution >= 4 is 15.6 Å². The average molecular weight is 410 g/mol. The third-order valence-corrected chi connectivity index (χ3v) is 6.12. The first-order valence-electron chi connectivity index (χ1n) is 7.12. The second kappa shape index (κ2) is 8.36. The second-order valence-electron chi connectivity index (χ2n) is 5.47. The number of phosphoric ester groups is 2. The van der Waals surface area contributed by atoms with Crippen LogP contribution in [0.25, 0.3) is 0 Å². The molecule has 0 bridgehead atoms. The van der Waals surface area contributed by atoms with Crippen LogP contribution in [0.3, 0.4) is 0 Å². The minimum absolute atomic E-state index is 0.205. The van der Waals surface area contributed by atoms with Crippen molar-refractivity contribution in [2.24, 2.45) is 0 Å². The number of ether oxygens (including phenoxy) is 2. The Morgan fingerprint density at radius 2 is 1.16 bits per heavy atom. The zero-order chi connectivity index (χ0) is 18.8. The summed E-state index contributed by atoms with van der Waals surface area (Å²) in [5, 5.41) is 37.5. The van der Waals surface area contributed by atoms with Crippen LogP contribution in [0.4, 0.5) is 0 Å². The fraction of sp³-hybridized carbons (Fsp3) is 1.00. The number of hydrogen-bond acceptors (Lipinski definition) is 11. The monoisotopic (exact) mass is 410 g/mol. The average Bonchev–Trinajstić information content (AvgIpc) is 2.99. The zero-order valence-corrected chi connectivity index (χ0v) is 14.5. The molecule has 13 nitrogen and oxygen atoms in total. The van der Waals surface area contributed by atoms with Gasteiger partial charge in [-0.15, -0.1) is 0 Å². The summed E-state index contributed by atoms with van der Waals surface area (Å²) < 4.78 is 46.0. The van der Waals surface area contributed by atoms with E-state index < -0.39 is 65.5 Å². The Hall–Kier alpha value is 0.0200. The maximum Gasteiger partial charge on any atom is 0.481 e. The van der Waals surface area contributed by atoms with Crippen LogP contribution in [-0.2, 0) is 32.0 Å². The topological polar surface area (TPSA) is 202 Å². The minimum atomic E-state index is -5.06. The predicted octanol–water partition coefficient (Wildman–Crippen LogP) is -2.52. The molecule has 0 aromatic rings. The van der Waals surface area contributed by atoms with E-state index in [1.807, 2.05) is 0 Å². The van der Waals surface area contributed by atoms with Gasteiger partial charge in [0.1, 0.15) is 36.6 Å². The van der Waals surface area contributed by atoms with E-state index in [1.54, 1.807) is 0 Å². The minimum Gasteiger partial charge on any atom is -0.388 e. The molecule has 2 heterocycles. The van der Waals surface area contributed by atoms with E-state index in [4.69, 9.17) is 9.47 Å². The Labute approximate surface area is 141 Å². The van der Waals surface area contributed by atoms with E-state index in [9.17, 15) is 39.3 Å². The summed E-state index contributed by atoms with van der Waals surface area (Å²) in [6.45, 7) is -1.79. The van der Waals surface area contributed by atoms with Crippen molar-refractivity contribution in [2.45, 2.75) is 36.6 Å². The molecule has 8 atom stereocenters. The number of hydrogen-bond donors (Lipinski definition) is 6. The maximum atomic E-state index is 11.7. The van der Waals surface area contributed by atoms with Gasteiger partial charge in [0.2, 0.25) is 0 Å². The zero-order valence-electron chi connectivity index (χ0n) is 12.7. The Kier molecular flexibility index (Phi) is 7.13. The SMILES string of the molecule is O=P(O)(OC[C@H]1OC[C@H](O)[C@@H]1O)OP(=O)(O)OC[C@H]1OC[C@H](O)[C@@H]1O. The standard InChI is InChI=1S/C10H20O13P2/c11-5-1-19-7(9(5)13)3-21-24(15,16)23-25(17,18)22-4-8-10(14)6(12)2-20-8/h5-14H,1-4H2,(H,15,16)(H,17,18)/t5-,6-,7+,8+,9-,10-/m0/s1. The lowest BCUT2D eigenvalue weighted by atomic mass is 10.2. The number of phosphoric acid groups is 2. The van der Waals surface area contributed by atoms with Crippen molar-refractivity contribution < 1.29 is 62.2 Å².